The standard InChI is InChI=1S/C16H13BrO2S/c17-14-7-12-5-6-19-16(12)13(8-14)10-20-15-3-1-11(9-18)2-4-15/h1-4,7-9H,5-6,10H2. The molecule has 1 aliphatic heterocycles. The van der Waals surface area contributed by atoms with E-state index in [4.69, 9.17) is 4.74 Å². The fourth-order valence-electron chi connectivity index (χ4n) is 2.26. The molecule has 0 N–H and O–H groups in total. The van der Waals surface area contributed by atoms with Crippen molar-refractivity contribution in [1.29, 1.82) is 0 Å². The number of carbonyl (C=O) groups excluding carboxylic acids is 1. The number of carbonyl (C=O) groups is 1. The third-order valence-electron chi connectivity index (χ3n) is 3.24. The highest BCUT2D eigenvalue weighted by atomic mass is 79.9. The first-order chi connectivity index (χ1) is 9.76. The fourth-order valence-corrected chi connectivity index (χ4v) is 3.67. The molecule has 1 aliphatic rings. The van der Waals surface area contributed by atoms with Crippen LogP contribution in [0.4, 0.5) is 0 Å². The van der Waals surface area contributed by atoms with Crippen LogP contribution in [-0.2, 0) is 12.2 Å². The summed E-state index contributed by atoms with van der Waals surface area (Å²) in [5, 5.41) is 0. The molecule has 2 nitrogen and oxygen atoms in total. The van der Waals surface area contributed by atoms with Crippen molar-refractivity contribution in [3.63, 3.8) is 0 Å². The van der Waals surface area contributed by atoms with Gasteiger partial charge in [0.2, 0.25) is 0 Å². The zero-order valence-corrected chi connectivity index (χ0v) is 13.2. The second-order valence-electron chi connectivity index (χ2n) is 4.63. The molecule has 2 aromatic carbocycles. The van der Waals surface area contributed by atoms with Crippen LogP contribution in [0.5, 0.6) is 5.75 Å². The summed E-state index contributed by atoms with van der Waals surface area (Å²) >= 11 is 5.31. The third kappa shape index (κ3) is 2.91. The van der Waals surface area contributed by atoms with Crippen LogP contribution in [0.15, 0.2) is 45.8 Å². The normalized spacial score (nSPS) is 12.8. The molecule has 0 saturated heterocycles. The number of hydrogen-bond donors (Lipinski definition) is 0. The first-order valence-corrected chi connectivity index (χ1v) is 8.16. The Morgan fingerprint density at radius 3 is 2.80 bits per heavy atom. The second-order valence-corrected chi connectivity index (χ2v) is 6.59. The predicted molar refractivity (Wildman–Crippen MR) is 84.7 cm³/mol. The molecular weight excluding hydrogens is 336 g/mol. The summed E-state index contributed by atoms with van der Waals surface area (Å²) in [7, 11) is 0. The molecule has 0 fully saturated rings. The Kier molecular flexibility index (Phi) is 4.13. The van der Waals surface area contributed by atoms with Crippen molar-refractivity contribution in [3.05, 3.63) is 57.6 Å². The number of rotatable bonds is 4. The molecule has 3 rings (SSSR count). The largest absolute Gasteiger partial charge is 0.493 e. The number of halogens is 1. The van der Waals surface area contributed by atoms with E-state index in [1.807, 2.05) is 24.3 Å². The van der Waals surface area contributed by atoms with E-state index in [1.165, 1.54) is 11.1 Å². The SMILES string of the molecule is O=Cc1ccc(SCc2cc(Br)cc3c2OCC3)cc1. The molecule has 0 radical (unpaired) electrons. The van der Waals surface area contributed by atoms with Crippen LogP contribution in [0.3, 0.4) is 0 Å². The quantitative estimate of drug-likeness (QED) is 0.601. The lowest BCUT2D eigenvalue weighted by Gasteiger charge is -2.09. The highest BCUT2D eigenvalue weighted by Gasteiger charge is 2.17. The number of hydrogen-bond acceptors (Lipinski definition) is 3. The Labute approximate surface area is 130 Å². The van der Waals surface area contributed by atoms with E-state index >= 15 is 0 Å². The molecule has 0 spiro atoms. The molecule has 0 saturated carbocycles. The molecule has 0 atom stereocenters. The van der Waals surface area contributed by atoms with Crippen molar-refractivity contribution in [2.75, 3.05) is 6.61 Å². The van der Waals surface area contributed by atoms with Gasteiger partial charge in [0.1, 0.15) is 12.0 Å². The third-order valence-corrected chi connectivity index (χ3v) is 4.75. The molecule has 0 unspecified atom stereocenters. The Bertz CT molecular complexity index is 638. The number of aldehydes is 1. The van der Waals surface area contributed by atoms with Crippen molar-refractivity contribution in [2.24, 2.45) is 0 Å². The maximum atomic E-state index is 10.6. The van der Waals surface area contributed by atoms with E-state index in [-0.39, 0.29) is 0 Å². The molecule has 2 aromatic rings. The first-order valence-electron chi connectivity index (χ1n) is 6.38. The van der Waals surface area contributed by atoms with Crippen molar-refractivity contribution in [3.8, 4) is 5.75 Å². The fraction of sp³-hybridized carbons (Fsp3) is 0.188. The van der Waals surface area contributed by atoms with E-state index in [2.05, 4.69) is 28.1 Å². The summed E-state index contributed by atoms with van der Waals surface area (Å²) < 4.78 is 6.83. The van der Waals surface area contributed by atoms with Gasteiger partial charge < -0.3 is 4.74 Å². The van der Waals surface area contributed by atoms with Gasteiger partial charge in [-0.25, -0.2) is 0 Å². The minimum atomic E-state index is 0.709. The van der Waals surface area contributed by atoms with Crippen LogP contribution in [0.1, 0.15) is 21.5 Å². The first kappa shape index (κ1) is 13.7. The summed E-state index contributed by atoms with van der Waals surface area (Å²) in [6, 6.07) is 11.9. The molecule has 1 heterocycles. The monoisotopic (exact) mass is 348 g/mol. The molecule has 20 heavy (non-hydrogen) atoms. The number of fused-ring (bicyclic) bond motifs is 1. The Balaban J connectivity index is 1.76. The molecule has 0 aliphatic carbocycles. The van der Waals surface area contributed by atoms with Crippen molar-refractivity contribution >= 4 is 34.0 Å². The van der Waals surface area contributed by atoms with Gasteiger partial charge in [0, 0.05) is 32.7 Å². The number of ether oxygens (including phenoxy) is 1. The average Bonchev–Trinajstić information content (AvgIpc) is 2.93. The maximum absolute atomic E-state index is 10.6. The van der Waals surface area contributed by atoms with Gasteiger partial charge in [-0.1, -0.05) is 28.1 Å². The van der Waals surface area contributed by atoms with Crippen LogP contribution < -0.4 is 4.74 Å². The van der Waals surface area contributed by atoms with Crippen LogP contribution in [0.25, 0.3) is 0 Å². The van der Waals surface area contributed by atoms with Gasteiger partial charge in [-0.3, -0.25) is 4.79 Å². The van der Waals surface area contributed by atoms with Crippen LogP contribution >= 0.6 is 27.7 Å². The van der Waals surface area contributed by atoms with Crippen LogP contribution in [0, 0.1) is 0 Å². The lowest BCUT2D eigenvalue weighted by molar-refractivity contribution is 0.112. The number of benzene rings is 2. The molecule has 0 bridgehead atoms. The summed E-state index contributed by atoms with van der Waals surface area (Å²) in [6.07, 6.45) is 1.85. The maximum Gasteiger partial charge on any atom is 0.150 e. The van der Waals surface area contributed by atoms with E-state index in [9.17, 15) is 4.79 Å². The minimum absolute atomic E-state index is 0.709. The zero-order valence-electron chi connectivity index (χ0n) is 10.8. The molecule has 0 amide bonds. The van der Waals surface area contributed by atoms with E-state index in [1.54, 1.807) is 11.8 Å². The Hall–Kier alpha value is -1.26. The Morgan fingerprint density at radius 1 is 1.25 bits per heavy atom. The van der Waals surface area contributed by atoms with Gasteiger partial charge in [0.15, 0.2) is 0 Å². The van der Waals surface area contributed by atoms with E-state index in [0.29, 0.717) is 5.56 Å². The highest BCUT2D eigenvalue weighted by Crippen LogP contribution is 2.36. The van der Waals surface area contributed by atoms with Gasteiger partial charge >= 0.3 is 0 Å². The predicted octanol–water partition coefficient (Wildman–Crippen LogP) is 4.49. The zero-order chi connectivity index (χ0) is 13.9. The molecule has 102 valence electrons. The summed E-state index contributed by atoms with van der Waals surface area (Å²) in [4.78, 5) is 11.8. The van der Waals surface area contributed by atoms with Crippen molar-refractivity contribution in [2.45, 2.75) is 17.1 Å². The summed E-state index contributed by atoms with van der Waals surface area (Å²) in [5.74, 6) is 1.91. The van der Waals surface area contributed by atoms with E-state index < -0.39 is 0 Å². The summed E-state index contributed by atoms with van der Waals surface area (Å²) in [6.45, 7) is 0.775. The average molecular weight is 349 g/mol. The molecule has 4 heteroatoms. The van der Waals surface area contributed by atoms with Crippen molar-refractivity contribution in [1.82, 2.24) is 0 Å². The van der Waals surface area contributed by atoms with Crippen molar-refractivity contribution < 1.29 is 9.53 Å². The minimum Gasteiger partial charge on any atom is -0.493 e. The topological polar surface area (TPSA) is 26.3 Å². The number of thioether (sulfide) groups is 1. The highest BCUT2D eigenvalue weighted by molar-refractivity contribution is 9.10. The smallest absolute Gasteiger partial charge is 0.150 e. The lowest BCUT2D eigenvalue weighted by Crippen LogP contribution is -1.91. The molecular formula is C16H13BrO2S. The van der Waals surface area contributed by atoms with Gasteiger partial charge in [-0.05, 0) is 29.8 Å². The van der Waals surface area contributed by atoms with E-state index in [0.717, 1.165) is 40.2 Å². The summed E-state index contributed by atoms with van der Waals surface area (Å²) in [5.41, 5.74) is 3.21. The Morgan fingerprint density at radius 2 is 2.05 bits per heavy atom. The molecule has 0 aromatic heterocycles. The van der Waals surface area contributed by atoms with Gasteiger partial charge in [0.25, 0.3) is 0 Å². The van der Waals surface area contributed by atoms with Gasteiger partial charge in [-0.15, -0.1) is 11.8 Å². The van der Waals surface area contributed by atoms with Crippen LogP contribution in [0.2, 0.25) is 0 Å². The van der Waals surface area contributed by atoms with Gasteiger partial charge in [0.05, 0.1) is 6.61 Å². The van der Waals surface area contributed by atoms with Crippen LogP contribution in [-0.4, -0.2) is 12.9 Å². The van der Waals surface area contributed by atoms with Gasteiger partial charge in [-0.2, -0.15) is 0 Å². The second kappa shape index (κ2) is 6.02. The lowest BCUT2D eigenvalue weighted by atomic mass is 10.1.